The van der Waals surface area contributed by atoms with E-state index in [-0.39, 0.29) is 5.56 Å². The lowest BCUT2D eigenvalue weighted by molar-refractivity contribution is 0.0696. The number of carboxylic acids is 1. The second kappa shape index (κ2) is 11.5. The summed E-state index contributed by atoms with van der Waals surface area (Å²) in [5, 5.41) is 12.7. The first-order chi connectivity index (χ1) is 13.6. The Bertz CT molecular complexity index is 796. The van der Waals surface area contributed by atoms with Crippen LogP contribution < -0.4 is 14.8 Å². The van der Waals surface area contributed by atoms with Gasteiger partial charge in [-0.25, -0.2) is 13.7 Å². The predicted octanol–water partition coefficient (Wildman–Crippen LogP) is 4.80. The van der Waals surface area contributed by atoms with E-state index in [9.17, 15) is 14.1 Å². The summed E-state index contributed by atoms with van der Waals surface area (Å²) in [5.41, 5.74) is 0.595. The third kappa shape index (κ3) is 6.35. The van der Waals surface area contributed by atoms with Crippen LogP contribution in [0.1, 0.15) is 49.9 Å². The Morgan fingerprint density at radius 2 is 1.75 bits per heavy atom. The molecule has 0 fully saturated rings. The van der Waals surface area contributed by atoms with E-state index in [1.54, 1.807) is 12.1 Å². The molecule has 0 aliphatic heterocycles. The predicted molar refractivity (Wildman–Crippen MR) is 113 cm³/mol. The number of hydrogen-bond donors (Lipinski definition) is 3. The van der Waals surface area contributed by atoms with Crippen LogP contribution in [0.25, 0.3) is 0 Å². The highest BCUT2D eigenvalue weighted by molar-refractivity contribution is 7.83. The van der Waals surface area contributed by atoms with E-state index < -0.39 is 17.0 Å². The Kier molecular flexibility index (Phi) is 8.97. The van der Waals surface area contributed by atoms with Crippen LogP contribution >= 0.6 is 0 Å². The number of anilines is 1. The first-order valence-electron chi connectivity index (χ1n) is 9.60. The van der Waals surface area contributed by atoms with Crippen LogP contribution in [-0.4, -0.2) is 28.4 Å². The molecule has 0 heterocycles. The number of aromatic carboxylic acids is 1. The van der Waals surface area contributed by atoms with Crippen molar-refractivity contribution in [3.63, 3.8) is 0 Å². The van der Waals surface area contributed by atoms with E-state index >= 15 is 0 Å². The molecule has 3 N–H and O–H groups in total. The molecule has 2 rings (SSSR count). The summed E-state index contributed by atoms with van der Waals surface area (Å²) in [5.74, 6) is -0.0952. The molecule has 0 aliphatic carbocycles. The molecule has 1 unspecified atom stereocenters. The highest BCUT2D eigenvalue weighted by atomic mass is 32.2. The molecule has 28 heavy (non-hydrogen) atoms. The van der Waals surface area contributed by atoms with Crippen molar-refractivity contribution in [1.29, 1.82) is 0 Å². The SMILES string of the molecule is CCCCNc1cc(C(=O)O)cc(S(=O)NCCCC)c1Oc1ccccc1. The first kappa shape index (κ1) is 21.9. The second-order valence-corrected chi connectivity index (χ2v) is 7.63. The molecule has 0 aliphatic rings. The van der Waals surface area contributed by atoms with Gasteiger partial charge in [-0.15, -0.1) is 0 Å². The van der Waals surface area contributed by atoms with Crippen molar-refractivity contribution < 1.29 is 18.8 Å². The Labute approximate surface area is 168 Å². The van der Waals surface area contributed by atoms with E-state index in [1.165, 1.54) is 12.1 Å². The summed E-state index contributed by atoms with van der Waals surface area (Å²) in [6, 6.07) is 12.1. The zero-order valence-corrected chi connectivity index (χ0v) is 17.2. The van der Waals surface area contributed by atoms with Gasteiger partial charge >= 0.3 is 5.97 Å². The van der Waals surface area contributed by atoms with E-state index in [0.29, 0.717) is 35.2 Å². The van der Waals surface area contributed by atoms with Crippen molar-refractivity contribution >= 4 is 22.6 Å². The van der Waals surface area contributed by atoms with Gasteiger partial charge < -0.3 is 15.2 Å². The lowest BCUT2D eigenvalue weighted by Crippen LogP contribution is -2.20. The molecule has 2 aromatic rings. The molecular weight excluding hydrogens is 376 g/mol. The summed E-state index contributed by atoms with van der Waals surface area (Å²) in [4.78, 5) is 11.9. The summed E-state index contributed by atoms with van der Waals surface area (Å²) >= 11 is 0. The average molecular weight is 405 g/mol. The fourth-order valence-electron chi connectivity index (χ4n) is 2.53. The monoisotopic (exact) mass is 404 g/mol. The minimum Gasteiger partial charge on any atom is -0.478 e. The molecule has 2 aromatic carbocycles. The number of hydrogen-bond acceptors (Lipinski definition) is 4. The molecule has 7 heteroatoms. The highest BCUT2D eigenvalue weighted by Crippen LogP contribution is 2.36. The lowest BCUT2D eigenvalue weighted by Gasteiger charge is -2.18. The topological polar surface area (TPSA) is 87.7 Å². The van der Waals surface area contributed by atoms with Crippen molar-refractivity contribution in [2.75, 3.05) is 18.4 Å². The number of carboxylic acid groups (broad SMARTS) is 1. The van der Waals surface area contributed by atoms with Crippen molar-refractivity contribution in [3.05, 3.63) is 48.0 Å². The molecular formula is C21H28N2O4S. The van der Waals surface area contributed by atoms with Crippen LogP contribution in [0, 0.1) is 0 Å². The fourth-order valence-corrected chi connectivity index (χ4v) is 3.56. The Morgan fingerprint density at radius 1 is 1.07 bits per heavy atom. The zero-order valence-electron chi connectivity index (χ0n) is 16.4. The van der Waals surface area contributed by atoms with Gasteiger partial charge in [-0.2, -0.15) is 0 Å². The number of ether oxygens (including phenoxy) is 1. The molecule has 152 valence electrons. The summed E-state index contributed by atoms with van der Waals surface area (Å²) in [6.07, 6.45) is 3.77. The fraction of sp³-hybridized carbons (Fsp3) is 0.381. The average Bonchev–Trinajstić information content (AvgIpc) is 2.69. The van der Waals surface area contributed by atoms with Gasteiger partial charge in [0.2, 0.25) is 0 Å². The first-order valence-corrected chi connectivity index (χ1v) is 10.7. The van der Waals surface area contributed by atoms with Crippen molar-refractivity contribution in [3.8, 4) is 11.5 Å². The number of carbonyl (C=O) groups is 1. The number of benzene rings is 2. The Morgan fingerprint density at radius 3 is 2.39 bits per heavy atom. The molecule has 1 atom stereocenters. The Hall–Kier alpha value is -2.38. The standard InChI is InChI=1S/C21H28N2O4S/c1-3-5-12-22-18-14-16(21(24)25)15-19(28(26)23-13-6-4-2)20(18)27-17-10-8-7-9-11-17/h7-11,14-15,22-23H,3-6,12-13H2,1-2H3,(H,24,25). The maximum Gasteiger partial charge on any atom is 0.335 e. The molecule has 0 amide bonds. The third-order valence-corrected chi connectivity index (χ3v) is 5.24. The third-order valence-electron chi connectivity index (χ3n) is 4.07. The minimum absolute atomic E-state index is 0.0695. The summed E-state index contributed by atoms with van der Waals surface area (Å²) < 4.78 is 21.9. The maximum atomic E-state index is 12.9. The smallest absolute Gasteiger partial charge is 0.335 e. The molecule has 0 bridgehead atoms. The van der Waals surface area contributed by atoms with Crippen LogP contribution in [0.3, 0.4) is 0 Å². The van der Waals surface area contributed by atoms with Crippen LogP contribution in [0.15, 0.2) is 47.4 Å². The largest absolute Gasteiger partial charge is 0.478 e. The van der Waals surface area contributed by atoms with E-state index in [0.717, 1.165) is 25.7 Å². The van der Waals surface area contributed by atoms with Gasteiger partial charge in [0.05, 0.1) is 16.1 Å². The molecule has 6 nitrogen and oxygen atoms in total. The van der Waals surface area contributed by atoms with Crippen LogP contribution in [0.4, 0.5) is 5.69 Å². The summed E-state index contributed by atoms with van der Waals surface area (Å²) in [6.45, 7) is 5.37. The minimum atomic E-state index is -1.59. The normalized spacial score (nSPS) is 11.8. The highest BCUT2D eigenvalue weighted by Gasteiger charge is 2.20. The van der Waals surface area contributed by atoms with Gasteiger partial charge in [-0.3, -0.25) is 0 Å². The van der Waals surface area contributed by atoms with Crippen molar-refractivity contribution in [2.24, 2.45) is 0 Å². The van der Waals surface area contributed by atoms with Crippen LogP contribution in [-0.2, 0) is 11.0 Å². The zero-order chi connectivity index (χ0) is 20.4. The van der Waals surface area contributed by atoms with Crippen molar-refractivity contribution in [2.45, 2.75) is 44.4 Å². The van der Waals surface area contributed by atoms with Gasteiger partial charge in [0.25, 0.3) is 0 Å². The van der Waals surface area contributed by atoms with Gasteiger partial charge in [-0.1, -0.05) is 44.9 Å². The second-order valence-electron chi connectivity index (χ2n) is 6.37. The number of rotatable bonds is 12. The van der Waals surface area contributed by atoms with Crippen molar-refractivity contribution in [1.82, 2.24) is 4.72 Å². The molecule has 0 aromatic heterocycles. The number of unbranched alkanes of at least 4 members (excludes halogenated alkanes) is 2. The molecule has 0 saturated carbocycles. The van der Waals surface area contributed by atoms with E-state index in [4.69, 9.17) is 4.74 Å². The molecule has 0 saturated heterocycles. The Balaban J connectivity index is 2.46. The van der Waals surface area contributed by atoms with Gasteiger partial charge in [-0.05, 0) is 37.1 Å². The van der Waals surface area contributed by atoms with Crippen LogP contribution in [0.5, 0.6) is 11.5 Å². The van der Waals surface area contributed by atoms with Crippen LogP contribution in [0.2, 0.25) is 0 Å². The maximum absolute atomic E-state index is 12.9. The van der Waals surface area contributed by atoms with Gasteiger partial charge in [0, 0.05) is 13.1 Å². The van der Waals surface area contributed by atoms with E-state index in [1.807, 2.05) is 18.2 Å². The number of para-hydroxylation sites is 1. The summed E-state index contributed by atoms with van der Waals surface area (Å²) in [7, 11) is -1.59. The van der Waals surface area contributed by atoms with Gasteiger partial charge in [0.1, 0.15) is 16.7 Å². The number of nitrogens with one attached hydrogen (secondary N) is 2. The lowest BCUT2D eigenvalue weighted by atomic mass is 10.1. The quantitative estimate of drug-likeness (QED) is 0.442. The van der Waals surface area contributed by atoms with Gasteiger partial charge in [0.15, 0.2) is 5.75 Å². The molecule has 0 radical (unpaired) electrons. The molecule has 0 spiro atoms. The van der Waals surface area contributed by atoms with E-state index in [2.05, 4.69) is 23.9 Å².